The van der Waals surface area contributed by atoms with E-state index in [0.717, 1.165) is 12.8 Å². The van der Waals surface area contributed by atoms with Gasteiger partial charge in [-0.2, -0.15) is 0 Å². The molecule has 0 saturated heterocycles. The molecule has 19 heavy (non-hydrogen) atoms. The quantitative estimate of drug-likeness (QED) is 0.745. The predicted octanol–water partition coefficient (Wildman–Crippen LogP) is 3.23. The molecule has 1 aliphatic rings. The number of hydrogen-bond acceptors (Lipinski definition) is 2. The Balaban J connectivity index is 2.82. The van der Waals surface area contributed by atoms with Crippen molar-refractivity contribution in [3.63, 3.8) is 0 Å². The van der Waals surface area contributed by atoms with Crippen molar-refractivity contribution < 1.29 is 4.79 Å². The monoisotopic (exact) mass is 268 g/mol. The molecule has 0 heterocycles. The van der Waals surface area contributed by atoms with Crippen LogP contribution in [0.25, 0.3) is 0 Å². The van der Waals surface area contributed by atoms with Crippen molar-refractivity contribution in [2.24, 2.45) is 17.6 Å². The molecule has 0 aromatic rings. The van der Waals surface area contributed by atoms with Gasteiger partial charge in [-0.25, -0.2) is 0 Å². The van der Waals surface area contributed by atoms with Gasteiger partial charge in [0.2, 0.25) is 5.91 Å². The van der Waals surface area contributed by atoms with E-state index in [4.69, 9.17) is 5.73 Å². The summed E-state index contributed by atoms with van der Waals surface area (Å²) in [6.07, 6.45) is 7.94. The fourth-order valence-corrected chi connectivity index (χ4v) is 3.51. The lowest BCUT2D eigenvalue weighted by molar-refractivity contribution is -0.126. The minimum Gasteiger partial charge on any atom is -0.368 e. The number of carbonyl (C=O) groups excluding carboxylic acids is 1. The van der Waals surface area contributed by atoms with Crippen LogP contribution >= 0.6 is 0 Å². The van der Waals surface area contributed by atoms with Gasteiger partial charge < -0.3 is 11.1 Å². The van der Waals surface area contributed by atoms with E-state index in [1.165, 1.54) is 32.1 Å². The summed E-state index contributed by atoms with van der Waals surface area (Å²) in [6.45, 7) is 8.67. The highest BCUT2D eigenvalue weighted by Crippen LogP contribution is 2.28. The molecule has 0 atom stereocenters. The summed E-state index contributed by atoms with van der Waals surface area (Å²) in [6, 6.07) is 0.471. The maximum absolute atomic E-state index is 12.1. The zero-order valence-corrected chi connectivity index (χ0v) is 13.2. The molecule has 0 unspecified atom stereocenters. The highest BCUT2D eigenvalue weighted by Gasteiger charge is 2.39. The number of hydrogen-bond donors (Lipinski definition) is 2. The Labute approximate surface area is 118 Å². The van der Waals surface area contributed by atoms with Gasteiger partial charge in [0, 0.05) is 6.04 Å². The van der Waals surface area contributed by atoms with Crippen LogP contribution in [0.15, 0.2) is 0 Å². The Morgan fingerprint density at radius 1 is 1.11 bits per heavy atom. The highest BCUT2D eigenvalue weighted by molar-refractivity contribution is 5.84. The first-order valence-corrected chi connectivity index (χ1v) is 7.93. The molecular weight excluding hydrogens is 236 g/mol. The van der Waals surface area contributed by atoms with E-state index < -0.39 is 5.54 Å². The van der Waals surface area contributed by atoms with Crippen molar-refractivity contribution in [1.29, 1.82) is 0 Å². The molecule has 1 aliphatic carbocycles. The summed E-state index contributed by atoms with van der Waals surface area (Å²) in [5, 5.41) is 3.66. The standard InChI is InChI=1S/C16H32N2O/c1-12(2)10-16(15(17)19,11-13(3)4)18-14-8-6-5-7-9-14/h12-14,18H,5-11H2,1-4H3,(H2,17,19). The van der Waals surface area contributed by atoms with Crippen molar-refractivity contribution in [3.8, 4) is 0 Å². The lowest BCUT2D eigenvalue weighted by atomic mass is 9.79. The lowest BCUT2D eigenvalue weighted by Gasteiger charge is -2.39. The van der Waals surface area contributed by atoms with Crippen molar-refractivity contribution >= 4 is 5.91 Å². The van der Waals surface area contributed by atoms with Gasteiger partial charge in [0.05, 0.1) is 5.54 Å². The second-order valence-corrected chi connectivity index (χ2v) is 7.12. The average molecular weight is 268 g/mol. The molecule has 3 N–H and O–H groups in total. The molecule has 0 bridgehead atoms. The third-order valence-corrected chi connectivity index (χ3v) is 4.07. The van der Waals surface area contributed by atoms with Crippen molar-refractivity contribution in [1.82, 2.24) is 5.32 Å². The molecule has 1 saturated carbocycles. The second kappa shape index (κ2) is 7.28. The minimum absolute atomic E-state index is 0.166. The van der Waals surface area contributed by atoms with E-state index in [9.17, 15) is 4.79 Å². The lowest BCUT2D eigenvalue weighted by Crippen LogP contribution is -2.60. The molecule has 0 aromatic heterocycles. The van der Waals surface area contributed by atoms with Gasteiger partial charge in [-0.05, 0) is 37.5 Å². The third kappa shape index (κ3) is 5.13. The van der Waals surface area contributed by atoms with E-state index in [2.05, 4.69) is 33.0 Å². The normalized spacial score (nSPS) is 18.2. The Hall–Kier alpha value is -0.570. The van der Waals surface area contributed by atoms with Gasteiger partial charge >= 0.3 is 0 Å². The number of carbonyl (C=O) groups is 1. The van der Waals surface area contributed by atoms with Crippen LogP contribution in [0.5, 0.6) is 0 Å². The highest BCUT2D eigenvalue weighted by atomic mass is 16.1. The van der Waals surface area contributed by atoms with Crippen LogP contribution in [0.1, 0.15) is 72.6 Å². The Morgan fingerprint density at radius 3 is 1.95 bits per heavy atom. The first-order chi connectivity index (χ1) is 8.85. The number of amides is 1. The zero-order valence-electron chi connectivity index (χ0n) is 13.2. The van der Waals surface area contributed by atoms with Gasteiger partial charge in [0.25, 0.3) is 0 Å². The van der Waals surface area contributed by atoms with Gasteiger partial charge in [-0.1, -0.05) is 47.0 Å². The summed E-state index contributed by atoms with van der Waals surface area (Å²) in [5.74, 6) is 0.783. The van der Waals surface area contributed by atoms with Gasteiger partial charge in [-0.15, -0.1) is 0 Å². The first kappa shape index (κ1) is 16.5. The van der Waals surface area contributed by atoms with E-state index >= 15 is 0 Å². The summed E-state index contributed by atoms with van der Waals surface area (Å²) >= 11 is 0. The zero-order chi connectivity index (χ0) is 14.5. The molecule has 112 valence electrons. The smallest absolute Gasteiger partial charge is 0.237 e. The van der Waals surface area contributed by atoms with Crippen LogP contribution in [-0.4, -0.2) is 17.5 Å². The van der Waals surface area contributed by atoms with E-state index in [0.29, 0.717) is 17.9 Å². The first-order valence-electron chi connectivity index (χ1n) is 7.93. The van der Waals surface area contributed by atoms with Crippen LogP contribution in [0.4, 0.5) is 0 Å². The number of rotatable bonds is 7. The third-order valence-electron chi connectivity index (χ3n) is 4.07. The fourth-order valence-electron chi connectivity index (χ4n) is 3.51. The van der Waals surface area contributed by atoms with Crippen molar-refractivity contribution in [2.45, 2.75) is 84.2 Å². The molecule has 0 aromatic carbocycles. The minimum atomic E-state index is -0.510. The number of nitrogens with one attached hydrogen (secondary N) is 1. The maximum atomic E-state index is 12.1. The largest absolute Gasteiger partial charge is 0.368 e. The van der Waals surface area contributed by atoms with Crippen molar-refractivity contribution in [3.05, 3.63) is 0 Å². The second-order valence-electron chi connectivity index (χ2n) is 7.12. The van der Waals surface area contributed by atoms with E-state index in [1.54, 1.807) is 0 Å². The molecule has 1 fully saturated rings. The summed E-state index contributed by atoms with van der Waals surface area (Å²) < 4.78 is 0. The molecule has 1 amide bonds. The van der Waals surface area contributed by atoms with Gasteiger partial charge in [-0.3, -0.25) is 4.79 Å². The molecule has 0 spiro atoms. The topological polar surface area (TPSA) is 55.1 Å². The molecular formula is C16H32N2O. The summed E-state index contributed by atoms with van der Waals surface area (Å²) in [7, 11) is 0. The van der Waals surface area contributed by atoms with Crippen LogP contribution in [0.2, 0.25) is 0 Å². The Bertz CT molecular complexity index is 270. The fraction of sp³-hybridized carbons (Fsp3) is 0.938. The van der Waals surface area contributed by atoms with Crippen LogP contribution in [0, 0.1) is 11.8 Å². The molecule has 3 heteroatoms. The van der Waals surface area contributed by atoms with Gasteiger partial charge in [0.15, 0.2) is 0 Å². The van der Waals surface area contributed by atoms with Crippen molar-refractivity contribution in [2.75, 3.05) is 0 Å². The molecule has 3 nitrogen and oxygen atoms in total. The predicted molar refractivity (Wildman–Crippen MR) is 80.8 cm³/mol. The molecule has 0 radical (unpaired) electrons. The Kier molecular flexibility index (Phi) is 6.31. The SMILES string of the molecule is CC(C)CC(CC(C)C)(NC1CCCCC1)C(N)=O. The van der Waals surface area contributed by atoms with Crippen LogP contribution in [-0.2, 0) is 4.79 Å². The maximum Gasteiger partial charge on any atom is 0.237 e. The average Bonchev–Trinajstić information content (AvgIpc) is 2.27. The van der Waals surface area contributed by atoms with E-state index in [1.807, 2.05) is 0 Å². The molecule has 0 aliphatic heterocycles. The summed E-state index contributed by atoms with van der Waals surface area (Å²) in [4.78, 5) is 12.1. The number of primary amides is 1. The Morgan fingerprint density at radius 2 is 1.58 bits per heavy atom. The van der Waals surface area contributed by atoms with Crippen LogP contribution in [0.3, 0.4) is 0 Å². The number of nitrogens with two attached hydrogens (primary N) is 1. The van der Waals surface area contributed by atoms with Gasteiger partial charge in [0.1, 0.15) is 0 Å². The van der Waals surface area contributed by atoms with Crippen LogP contribution < -0.4 is 11.1 Å². The van der Waals surface area contributed by atoms with E-state index in [-0.39, 0.29) is 5.91 Å². The summed E-state index contributed by atoms with van der Waals surface area (Å²) in [5.41, 5.74) is 5.27. The molecule has 1 rings (SSSR count).